The van der Waals surface area contributed by atoms with Gasteiger partial charge in [0.2, 0.25) is 0 Å². The highest BCUT2D eigenvalue weighted by Crippen LogP contribution is 2.21. The molecule has 1 aliphatic heterocycles. The largest absolute Gasteiger partial charge is 0.492 e. The maximum atomic E-state index is 5.58. The third-order valence-corrected chi connectivity index (χ3v) is 2.14. The van der Waals surface area contributed by atoms with Crippen LogP contribution in [0.25, 0.3) is 0 Å². The summed E-state index contributed by atoms with van der Waals surface area (Å²) in [6.07, 6.45) is 0. The van der Waals surface area contributed by atoms with E-state index in [4.69, 9.17) is 4.74 Å². The minimum atomic E-state index is 0.799. The zero-order chi connectivity index (χ0) is 8.39. The maximum Gasteiger partial charge on any atom is 0.123 e. The molecule has 0 bridgehead atoms. The molecule has 0 aliphatic carbocycles. The molecule has 0 atom stereocenters. The van der Waals surface area contributed by atoms with Gasteiger partial charge < -0.3 is 4.74 Å². The molecule has 0 aromatic heterocycles. The average Bonchev–Trinajstić information content (AvgIpc) is 2.25. The van der Waals surface area contributed by atoms with Crippen molar-refractivity contribution in [3.8, 4) is 5.75 Å². The highest BCUT2D eigenvalue weighted by atomic mass is 16.5. The van der Waals surface area contributed by atoms with Gasteiger partial charge in [-0.15, -0.1) is 0 Å². The predicted octanol–water partition coefficient (Wildman–Crippen LogP) is 1.51. The lowest BCUT2D eigenvalue weighted by atomic mass is 10.2. The van der Waals surface area contributed by atoms with Gasteiger partial charge in [0, 0.05) is 18.7 Å². The maximum absolute atomic E-state index is 5.58. The Hall–Kier alpha value is -1.02. The Labute approximate surface area is 72.8 Å². The van der Waals surface area contributed by atoms with Crippen LogP contribution >= 0.6 is 0 Å². The molecule has 2 heteroatoms. The Morgan fingerprint density at radius 2 is 2.17 bits per heavy atom. The molecular formula is C10H13NO. The lowest BCUT2D eigenvalue weighted by Crippen LogP contribution is -2.20. The number of fused-ring (bicyclic) bond motifs is 1. The van der Waals surface area contributed by atoms with Crippen molar-refractivity contribution in [2.75, 3.05) is 20.2 Å². The van der Waals surface area contributed by atoms with Crippen LogP contribution in [0, 0.1) is 0 Å². The molecule has 0 amide bonds. The Morgan fingerprint density at radius 3 is 3.08 bits per heavy atom. The molecule has 0 saturated carbocycles. The summed E-state index contributed by atoms with van der Waals surface area (Å²) in [6.45, 7) is 2.80. The van der Waals surface area contributed by atoms with E-state index >= 15 is 0 Å². The molecule has 0 unspecified atom stereocenters. The van der Waals surface area contributed by atoms with Gasteiger partial charge in [-0.25, -0.2) is 0 Å². The van der Waals surface area contributed by atoms with E-state index in [-0.39, 0.29) is 0 Å². The molecule has 0 N–H and O–H groups in total. The van der Waals surface area contributed by atoms with E-state index in [1.165, 1.54) is 5.56 Å². The van der Waals surface area contributed by atoms with Crippen LogP contribution in [0.4, 0.5) is 0 Å². The third kappa shape index (κ3) is 1.43. The number of hydrogen-bond acceptors (Lipinski definition) is 2. The van der Waals surface area contributed by atoms with Gasteiger partial charge in [0.25, 0.3) is 0 Å². The van der Waals surface area contributed by atoms with Gasteiger partial charge in [-0.05, 0) is 13.1 Å². The van der Waals surface area contributed by atoms with Crippen LogP contribution in [-0.2, 0) is 6.54 Å². The number of nitrogens with zero attached hydrogens (tertiary/aromatic N) is 1. The van der Waals surface area contributed by atoms with E-state index in [1.807, 2.05) is 12.1 Å². The second kappa shape index (κ2) is 3.15. The number of benzene rings is 1. The molecule has 0 radical (unpaired) electrons. The van der Waals surface area contributed by atoms with Gasteiger partial charge in [-0.3, -0.25) is 4.90 Å². The van der Waals surface area contributed by atoms with Gasteiger partial charge in [0.1, 0.15) is 12.4 Å². The molecule has 1 aliphatic rings. The van der Waals surface area contributed by atoms with Gasteiger partial charge in [0.05, 0.1) is 0 Å². The van der Waals surface area contributed by atoms with Gasteiger partial charge in [0.15, 0.2) is 0 Å². The highest BCUT2D eigenvalue weighted by Gasteiger charge is 2.10. The van der Waals surface area contributed by atoms with Crippen molar-refractivity contribution < 1.29 is 4.74 Å². The normalized spacial score (nSPS) is 17.8. The zero-order valence-electron chi connectivity index (χ0n) is 7.29. The molecule has 12 heavy (non-hydrogen) atoms. The predicted molar refractivity (Wildman–Crippen MR) is 48.3 cm³/mol. The molecule has 2 nitrogen and oxygen atoms in total. The summed E-state index contributed by atoms with van der Waals surface area (Å²) >= 11 is 0. The number of rotatable bonds is 0. The monoisotopic (exact) mass is 163 g/mol. The molecule has 1 heterocycles. The van der Waals surface area contributed by atoms with Crippen molar-refractivity contribution in [2.24, 2.45) is 0 Å². The summed E-state index contributed by atoms with van der Waals surface area (Å²) in [6, 6.07) is 8.23. The van der Waals surface area contributed by atoms with Gasteiger partial charge >= 0.3 is 0 Å². The molecule has 0 spiro atoms. The number of hydrogen-bond donors (Lipinski definition) is 0. The topological polar surface area (TPSA) is 12.5 Å². The summed E-state index contributed by atoms with van der Waals surface area (Å²) in [4.78, 5) is 2.27. The molecule has 1 aromatic rings. The fourth-order valence-electron chi connectivity index (χ4n) is 1.46. The standard InChI is InChI=1S/C10H13NO/c1-11-6-7-12-10-5-3-2-4-9(10)8-11/h2-5H,6-8H2,1H3. The van der Waals surface area contributed by atoms with Crippen molar-refractivity contribution in [2.45, 2.75) is 6.54 Å². The third-order valence-electron chi connectivity index (χ3n) is 2.14. The highest BCUT2D eigenvalue weighted by molar-refractivity contribution is 5.33. The summed E-state index contributed by atoms with van der Waals surface area (Å²) in [5.74, 6) is 1.04. The lowest BCUT2D eigenvalue weighted by molar-refractivity contribution is 0.259. The molecule has 1 aromatic carbocycles. The van der Waals surface area contributed by atoms with Gasteiger partial charge in [-0.1, -0.05) is 18.2 Å². The Bertz CT molecular complexity index is 272. The van der Waals surface area contributed by atoms with E-state index in [9.17, 15) is 0 Å². The van der Waals surface area contributed by atoms with Crippen LogP contribution in [0.5, 0.6) is 5.75 Å². The summed E-state index contributed by atoms with van der Waals surface area (Å²) < 4.78 is 5.58. The fourth-order valence-corrected chi connectivity index (χ4v) is 1.46. The summed E-state index contributed by atoms with van der Waals surface area (Å²) in [5.41, 5.74) is 1.29. The second-order valence-corrected chi connectivity index (χ2v) is 3.19. The van der Waals surface area contributed by atoms with Crippen LogP contribution < -0.4 is 4.74 Å². The van der Waals surface area contributed by atoms with E-state index < -0.39 is 0 Å². The van der Waals surface area contributed by atoms with E-state index in [0.717, 1.165) is 25.4 Å². The van der Waals surface area contributed by atoms with Gasteiger partial charge in [-0.2, -0.15) is 0 Å². The summed E-state index contributed by atoms with van der Waals surface area (Å²) in [5, 5.41) is 0. The molecule has 0 saturated heterocycles. The molecule has 2 rings (SSSR count). The fraction of sp³-hybridized carbons (Fsp3) is 0.400. The molecule has 0 fully saturated rings. The number of likely N-dealkylation sites (N-methyl/N-ethyl adjacent to an activating group) is 1. The summed E-state index contributed by atoms with van der Waals surface area (Å²) in [7, 11) is 2.12. The van der Waals surface area contributed by atoms with Crippen molar-refractivity contribution in [1.29, 1.82) is 0 Å². The zero-order valence-corrected chi connectivity index (χ0v) is 7.29. The molecular weight excluding hydrogens is 150 g/mol. The number of para-hydroxylation sites is 1. The first-order chi connectivity index (χ1) is 5.86. The Balaban J connectivity index is 2.31. The first-order valence-electron chi connectivity index (χ1n) is 4.25. The van der Waals surface area contributed by atoms with Crippen molar-refractivity contribution in [3.05, 3.63) is 29.8 Å². The minimum absolute atomic E-state index is 0.799. The Morgan fingerprint density at radius 1 is 1.33 bits per heavy atom. The first kappa shape index (κ1) is 7.62. The van der Waals surface area contributed by atoms with Crippen molar-refractivity contribution in [1.82, 2.24) is 4.90 Å². The Kier molecular flexibility index (Phi) is 2.00. The van der Waals surface area contributed by atoms with E-state index in [0.29, 0.717) is 0 Å². The minimum Gasteiger partial charge on any atom is -0.492 e. The van der Waals surface area contributed by atoms with Crippen molar-refractivity contribution in [3.63, 3.8) is 0 Å². The van der Waals surface area contributed by atoms with Crippen LogP contribution in [0.2, 0.25) is 0 Å². The van der Waals surface area contributed by atoms with Crippen LogP contribution in [0.1, 0.15) is 5.56 Å². The average molecular weight is 163 g/mol. The smallest absolute Gasteiger partial charge is 0.123 e. The number of ether oxygens (including phenoxy) is 1. The van der Waals surface area contributed by atoms with Crippen LogP contribution in [-0.4, -0.2) is 25.1 Å². The van der Waals surface area contributed by atoms with E-state index in [1.54, 1.807) is 0 Å². The molecule has 64 valence electrons. The van der Waals surface area contributed by atoms with Crippen molar-refractivity contribution >= 4 is 0 Å². The SMILES string of the molecule is CN1CCOc2ccccc2C1. The van der Waals surface area contributed by atoms with Crippen LogP contribution in [0.3, 0.4) is 0 Å². The lowest BCUT2D eigenvalue weighted by Gasteiger charge is -2.10. The second-order valence-electron chi connectivity index (χ2n) is 3.19. The van der Waals surface area contributed by atoms with E-state index in [2.05, 4.69) is 24.1 Å². The van der Waals surface area contributed by atoms with Crippen LogP contribution in [0.15, 0.2) is 24.3 Å². The first-order valence-corrected chi connectivity index (χ1v) is 4.25. The quantitative estimate of drug-likeness (QED) is 0.575.